The lowest BCUT2D eigenvalue weighted by Gasteiger charge is -2.37. The molecule has 1 aromatic carbocycles. The largest absolute Gasteiger partial charge is 0.543 e. The summed E-state index contributed by atoms with van der Waals surface area (Å²) in [4.78, 5) is 0. The molecule has 0 N–H and O–H groups in total. The first kappa shape index (κ1) is 14.3. The van der Waals surface area contributed by atoms with Crippen LogP contribution in [-0.4, -0.2) is 8.32 Å². The first-order valence-electron chi connectivity index (χ1n) is 5.78. The molecule has 0 aliphatic rings. The van der Waals surface area contributed by atoms with Crippen LogP contribution in [-0.2, 0) is 4.43 Å². The first-order chi connectivity index (χ1) is 7.65. The fourth-order valence-electron chi connectivity index (χ4n) is 1.20. The van der Waals surface area contributed by atoms with Gasteiger partial charge in [-0.3, -0.25) is 0 Å². The monoisotopic (exact) mass is 268 g/mol. The molecule has 94 valence electrons. The molecule has 0 bridgehead atoms. The second-order valence-electron chi connectivity index (χ2n) is 5.77. The van der Waals surface area contributed by atoms with E-state index in [0.717, 1.165) is 5.56 Å². The van der Waals surface area contributed by atoms with Crippen molar-refractivity contribution in [2.24, 2.45) is 0 Å². The number of benzene rings is 1. The maximum absolute atomic E-state index is 6.14. The van der Waals surface area contributed by atoms with Gasteiger partial charge in [0, 0.05) is 5.56 Å². The summed E-state index contributed by atoms with van der Waals surface area (Å²) in [6.45, 7) is 15.0. The first-order valence-corrected chi connectivity index (χ1v) is 9.06. The molecule has 3 heteroatoms. The van der Waals surface area contributed by atoms with Gasteiger partial charge in [-0.2, -0.15) is 0 Å². The van der Waals surface area contributed by atoms with E-state index in [1.54, 1.807) is 0 Å². The van der Waals surface area contributed by atoms with Crippen LogP contribution in [0.1, 0.15) is 26.3 Å². The van der Waals surface area contributed by atoms with Crippen LogP contribution in [0.2, 0.25) is 23.2 Å². The van der Waals surface area contributed by atoms with Crippen molar-refractivity contribution >= 4 is 25.7 Å². The van der Waals surface area contributed by atoms with Gasteiger partial charge in [0.1, 0.15) is 5.76 Å². The lowest BCUT2D eigenvalue weighted by molar-refractivity contribution is 0.459. The molecule has 1 nitrogen and oxygen atoms in total. The van der Waals surface area contributed by atoms with Gasteiger partial charge in [-0.05, 0) is 30.3 Å². The molecule has 1 rings (SSSR count). The second kappa shape index (κ2) is 4.87. The van der Waals surface area contributed by atoms with E-state index in [9.17, 15) is 0 Å². The average molecular weight is 269 g/mol. The third-order valence-electron chi connectivity index (χ3n) is 3.36. The molecule has 1 aromatic rings. The van der Waals surface area contributed by atoms with E-state index >= 15 is 0 Å². The molecule has 0 radical (unpaired) electrons. The number of halogens is 1. The molecule has 0 amide bonds. The molecule has 0 saturated heterocycles. The van der Waals surface area contributed by atoms with Crippen LogP contribution in [0.4, 0.5) is 0 Å². The maximum atomic E-state index is 6.14. The summed E-state index contributed by atoms with van der Waals surface area (Å²) >= 11 is 6.14. The molecule has 0 atom stereocenters. The Morgan fingerprint density at radius 2 is 1.76 bits per heavy atom. The molecule has 0 unspecified atom stereocenters. The van der Waals surface area contributed by atoms with Gasteiger partial charge in [-0.25, -0.2) is 0 Å². The SMILES string of the molecule is C=C(O[Si](C)(C)C(C)(C)C)c1ccccc1Cl. The zero-order valence-electron chi connectivity index (χ0n) is 11.3. The highest BCUT2D eigenvalue weighted by Gasteiger charge is 2.39. The molecule has 17 heavy (non-hydrogen) atoms. The van der Waals surface area contributed by atoms with Gasteiger partial charge in [0.2, 0.25) is 8.32 Å². The zero-order chi connectivity index (χ0) is 13.3. The lowest BCUT2D eigenvalue weighted by Crippen LogP contribution is -2.40. The Labute approximate surface area is 111 Å². The molecule has 0 fully saturated rings. The summed E-state index contributed by atoms with van der Waals surface area (Å²) in [5, 5.41) is 0.855. The quantitative estimate of drug-likeness (QED) is 0.532. The summed E-state index contributed by atoms with van der Waals surface area (Å²) < 4.78 is 6.13. The van der Waals surface area contributed by atoms with Crippen molar-refractivity contribution in [2.45, 2.75) is 38.9 Å². The third-order valence-corrected chi connectivity index (χ3v) is 8.06. The molecule has 0 aliphatic carbocycles. The van der Waals surface area contributed by atoms with Crippen LogP contribution in [0.3, 0.4) is 0 Å². The Bertz CT molecular complexity index is 418. The van der Waals surface area contributed by atoms with Crippen molar-refractivity contribution in [1.29, 1.82) is 0 Å². The Hall–Kier alpha value is -0.733. The summed E-state index contributed by atoms with van der Waals surface area (Å²) in [7, 11) is -1.83. The predicted molar refractivity (Wildman–Crippen MR) is 78.8 cm³/mol. The van der Waals surface area contributed by atoms with Crippen molar-refractivity contribution in [3.05, 3.63) is 41.4 Å². The van der Waals surface area contributed by atoms with E-state index in [4.69, 9.17) is 16.0 Å². The minimum atomic E-state index is -1.83. The number of hydrogen-bond acceptors (Lipinski definition) is 1. The third kappa shape index (κ3) is 3.36. The van der Waals surface area contributed by atoms with Crippen LogP contribution >= 0.6 is 11.6 Å². The molecular weight excluding hydrogens is 248 g/mol. The van der Waals surface area contributed by atoms with Crippen molar-refractivity contribution in [2.75, 3.05) is 0 Å². The molecule has 0 aromatic heterocycles. The van der Waals surface area contributed by atoms with Crippen LogP contribution in [0.15, 0.2) is 30.8 Å². The molecule has 0 aliphatic heterocycles. The van der Waals surface area contributed by atoms with E-state index in [-0.39, 0.29) is 5.04 Å². The number of hydrogen-bond donors (Lipinski definition) is 0. The van der Waals surface area contributed by atoms with E-state index < -0.39 is 8.32 Å². The highest BCUT2D eigenvalue weighted by Crippen LogP contribution is 2.39. The normalized spacial score (nSPS) is 12.4. The topological polar surface area (TPSA) is 9.23 Å². The minimum absolute atomic E-state index is 0.164. The Morgan fingerprint density at radius 1 is 1.24 bits per heavy atom. The van der Waals surface area contributed by atoms with Gasteiger partial charge in [-0.15, -0.1) is 0 Å². The van der Waals surface area contributed by atoms with Crippen molar-refractivity contribution in [1.82, 2.24) is 0 Å². The summed E-state index contributed by atoms with van der Waals surface area (Å²) in [6, 6.07) is 7.65. The highest BCUT2D eigenvalue weighted by molar-refractivity contribution is 6.74. The van der Waals surface area contributed by atoms with Gasteiger partial charge in [0.25, 0.3) is 0 Å². The average Bonchev–Trinajstić information content (AvgIpc) is 2.15. The molecule has 0 saturated carbocycles. The van der Waals surface area contributed by atoms with Gasteiger partial charge >= 0.3 is 0 Å². The van der Waals surface area contributed by atoms with Crippen LogP contribution in [0.5, 0.6) is 0 Å². The van der Waals surface area contributed by atoms with Gasteiger partial charge in [0.15, 0.2) is 0 Å². The Morgan fingerprint density at radius 3 is 2.24 bits per heavy atom. The standard InChI is InChI=1S/C14H21ClOSi/c1-11(12-9-7-8-10-13(12)15)16-17(5,6)14(2,3)4/h7-10H,1H2,2-6H3. The fraction of sp³-hybridized carbons (Fsp3) is 0.429. The zero-order valence-corrected chi connectivity index (χ0v) is 13.1. The molecule has 0 heterocycles. The van der Waals surface area contributed by atoms with Crippen molar-refractivity contribution in [3.63, 3.8) is 0 Å². The summed E-state index contributed by atoms with van der Waals surface area (Å²) in [5.74, 6) is 0.683. The lowest BCUT2D eigenvalue weighted by atomic mass is 10.2. The Balaban J connectivity index is 2.92. The molecule has 0 spiro atoms. The van der Waals surface area contributed by atoms with E-state index in [0.29, 0.717) is 10.8 Å². The van der Waals surface area contributed by atoms with Crippen LogP contribution in [0.25, 0.3) is 5.76 Å². The van der Waals surface area contributed by atoms with Gasteiger partial charge in [-0.1, -0.05) is 51.1 Å². The van der Waals surface area contributed by atoms with Crippen molar-refractivity contribution in [3.8, 4) is 0 Å². The van der Waals surface area contributed by atoms with Crippen molar-refractivity contribution < 1.29 is 4.43 Å². The molecular formula is C14H21ClOSi. The van der Waals surface area contributed by atoms with Crippen LogP contribution < -0.4 is 0 Å². The smallest absolute Gasteiger partial charge is 0.250 e. The van der Waals surface area contributed by atoms with E-state index in [1.807, 2.05) is 24.3 Å². The fourth-order valence-corrected chi connectivity index (χ4v) is 2.48. The summed E-state index contributed by atoms with van der Waals surface area (Å²) in [5.41, 5.74) is 0.888. The van der Waals surface area contributed by atoms with Gasteiger partial charge < -0.3 is 4.43 Å². The van der Waals surface area contributed by atoms with Crippen LogP contribution in [0, 0.1) is 0 Å². The predicted octanol–water partition coefficient (Wildman–Crippen LogP) is 5.33. The Kier molecular flexibility index (Phi) is 4.10. The van der Waals surface area contributed by atoms with E-state index in [1.165, 1.54) is 0 Å². The minimum Gasteiger partial charge on any atom is -0.543 e. The van der Waals surface area contributed by atoms with E-state index in [2.05, 4.69) is 40.4 Å². The highest BCUT2D eigenvalue weighted by atomic mass is 35.5. The summed E-state index contributed by atoms with van der Waals surface area (Å²) in [6.07, 6.45) is 0. The second-order valence-corrected chi connectivity index (χ2v) is 10.9. The maximum Gasteiger partial charge on any atom is 0.250 e. The van der Waals surface area contributed by atoms with Gasteiger partial charge in [0.05, 0.1) is 5.02 Å². The number of rotatable bonds is 3.